The topological polar surface area (TPSA) is 68.0 Å². The third kappa shape index (κ3) is 3.06. The summed E-state index contributed by atoms with van der Waals surface area (Å²) in [5.41, 5.74) is 4.97. The summed E-state index contributed by atoms with van der Waals surface area (Å²) < 4.78 is 1.67. The Labute approximate surface area is 183 Å². The fourth-order valence-electron chi connectivity index (χ4n) is 4.15. The number of benzene rings is 5. The second kappa shape index (κ2) is 7.59. The summed E-state index contributed by atoms with van der Waals surface area (Å²) in [6.45, 7) is 0. The Kier molecular flexibility index (Phi) is 4.32. The summed E-state index contributed by atoms with van der Waals surface area (Å²) >= 11 is 0. The van der Waals surface area contributed by atoms with Crippen molar-refractivity contribution >= 4 is 44.5 Å². The standard InChI is InChI=1S/C26H18N6/c1-6-14-23-18(8-1)11-7-15-25(23)32-26(29-30-31-32)28-27-17-24-21-12-4-2-9-19(21)16-20-10-3-5-13-22(20)24/h1-17H,(H,28,29,31). The van der Waals surface area contributed by atoms with Crippen molar-refractivity contribution in [1.82, 2.24) is 20.2 Å². The molecule has 0 unspecified atom stereocenters. The molecule has 0 aliphatic rings. The molecule has 152 valence electrons. The molecule has 1 aromatic heterocycles. The number of tetrazole rings is 1. The molecule has 6 heteroatoms. The van der Waals surface area contributed by atoms with Gasteiger partial charge in [0, 0.05) is 10.9 Å². The van der Waals surface area contributed by atoms with E-state index in [2.05, 4.69) is 86.7 Å². The van der Waals surface area contributed by atoms with Gasteiger partial charge in [-0.15, -0.1) is 0 Å². The average Bonchev–Trinajstić information content (AvgIpc) is 3.31. The first-order chi connectivity index (χ1) is 15.9. The van der Waals surface area contributed by atoms with E-state index in [1.165, 1.54) is 10.8 Å². The largest absolute Gasteiger partial charge is 0.268 e. The zero-order chi connectivity index (χ0) is 21.3. The van der Waals surface area contributed by atoms with Crippen molar-refractivity contribution in [3.05, 3.63) is 103 Å². The van der Waals surface area contributed by atoms with E-state index in [0.29, 0.717) is 5.95 Å². The minimum Gasteiger partial charge on any atom is -0.244 e. The summed E-state index contributed by atoms with van der Waals surface area (Å²) in [5, 5.41) is 23.5. The predicted molar refractivity (Wildman–Crippen MR) is 129 cm³/mol. The van der Waals surface area contributed by atoms with Crippen LogP contribution in [0.2, 0.25) is 0 Å². The first kappa shape index (κ1) is 18.2. The van der Waals surface area contributed by atoms with Crippen LogP contribution in [0.15, 0.2) is 102 Å². The highest BCUT2D eigenvalue weighted by Gasteiger charge is 2.11. The van der Waals surface area contributed by atoms with Crippen molar-refractivity contribution in [3.63, 3.8) is 0 Å². The minimum atomic E-state index is 0.446. The van der Waals surface area contributed by atoms with Crippen LogP contribution in [0.3, 0.4) is 0 Å². The van der Waals surface area contributed by atoms with Crippen LogP contribution in [0.1, 0.15) is 5.56 Å². The molecule has 5 aromatic carbocycles. The Morgan fingerprint density at radius 2 is 1.31 bits per heavy atom. The number of nitrogens with one attached hydrogen (secondary N) is 1. The number of anilines is 1. The molecule has 0 spiro atoms. The molecule has 0 aliphatic heterocycles. The van der Waals surface area contributed by atoms with Crippen LogP contribution in [0.5, 0.6) is 0 Å². The highest BCUT2D eigenvalue weighted by Crippen LogP contribution is 2.27. The molecule has 6 nitrogen and oxygen atoms in total. The Morgan fingerprint density at radius 3 is 2.06 bits per heavy atom. The zero-order valence-corrected chi connectivity index (χ0v) is 17.1. The highest BCUT2D eigenvalue weighted by atomic mass is 15.6. The second-order valence-electron chi connectivity index (χ2n) is 7.52. The minimum absolute atomic E-state index is 0.446. The molecule has 6 aromatic rings. The SMILES string of the molecule is C(=NNc1nnnn1-c1cccc2ccccc12)c1c2ccccc2cc2ccccc12. The van der Waals surface area contributed by atoms with Gasteiger partial charge in [0.05, 0.1) is 11.9 Å². The lowest BCUT2D eigenvalue weighted by molar-refractivity contribution is 0.794. The lowest BCUT2D eigenvalue weighted by Gasteiger charge is -2.09. The van der Waals surface area contributed by atoms with E-state index >= 15 is 0 Å². The molecular weight excluding hydrogens is 396 g/mol. The molecule has 1 heterocycles. The number of hydrogen-bond acceptors (Lipinski definition) is 5. The maximum atomic E-state index is 4.51. The van der Waals surface area contributed by atoms with Gasteiger partial charge in [0.1, 0.15) is 0 Å². The van der Waals surface area contributed by atoms with Gasteiger partial charge >= 0.3 is 0 Å². The van der Waals surface area contributed by atoms with Crippen molar-refractivity contribution in [2.45, 2.75) is 0 Å². The molecule has 0 saturated heterocycles. The summed E-state index contributed by atoms with van der Waals surface area (Å²) in [6, 6.07) is 33.1. The molecular formula is C26H18N6. The predicted octanol–water partition coefficient (Wildman–Crippen LogP) is 5.57. The fraction of sp³-hybridized carbons (Fsp3) is 0. The molecule has 0 atom stereocenters. The van der Waals surface area contributed by atoms with Crippen LogP contribution in [-0.4, -0.2) is 26.4 Å². The number of aromatic nitrogens is 4. The van der Waals surface area contributed by atoms with Crippen LogP contribution in [0, 0.1) is 0 Å². The Hall–Kier alpha value is -4.58. The number of rotatable bonds is 4. The van der Waals surface area contributed by atoms with Crippen molar-refractivity contribution in [1.29, 1.82) is 0 Å². The maximum Gasteiger partial charge on any atom is 0.268 e. The van der Waals surface area contributed by atoms with E-state index in [1.807, 2.05) is 42.6 Å². The van der Waals surface area contributed by atoms with Crippen molar-refractivity contribution in [2.24, 2.45) is 5.10 Å². The van der Waals surface area contributed by atoms with Gasteiger partial charge in [0.2, 0.25) is 0 Å². The summed E-state index contributed by atoms with van der Waals surface area (Å²) in [5.74, 6) is 0.446. The summed E-state index contributed by atoms with van der Waals surface area (Å²) in [6.07, 6.45) is 1.84. The fourth-order valence-corrected chi connectivity index (χ4v) is 4.15. The van der Waals surface area contributed by atoms with Crippen LogP contribution >= 0.6 is 0 Å². The molecule has 32 heavy (non-hydrogen) atoms. The maximum absolute atomic E-state index is 4.51. The zero-order valence-electron chi connectivity index (χ0n) is 17.1. The molecule has 6 rings (SSSR count). The van der Waals surface area contributed by atoms with E-state index in [9.17, 15) is 0 Å². The first-order valence-corrected chi connectivity index (χ1v) is 10.3. The number of nitrogens with zero attached hydrogens (tertiary/aromatic N) is 5. The van der Waals surface area contributed by atoms with E-state index in [0.717, 1.165) is 32.8 Å². The van der Waals surface area contributed by atoms with E-state index in [-0.39, 0.29) is 0 Å². The normalized spacial score (nSPS) is 11.6. The third-order valence-corrected chi connectivity index (χ3v) is 5.64. The van der Waals surface area contributed by atoms with Gasteiger partial charge in [-0.05, 0) is 49.5 Å². The van der Waals surface area contributed by atoms with Gasteiger partial charge in [0.15, 0.2) is 0 Å². The van der Waals surface area contributed by atoms with Crippen LogP contribution in [0.25, 0.3) is 38.0 Å². The molecule has 0 saturated carbocycles. The van der Waals surface area contributed by atoms with Gasteiger partial charge in [-0.3, -0.25) is 0 Å². The van der Waals surface area contributed by atoms with Crippen LogP contribution in [-0.2, 0) is 0 Å². The lowest BCUT2D eigenvalue weighted by Crippen LogP contribution is -2.04. The van der Waals surface area contributed by atoms with Crippen molar-refractivity contribution in [2.75, 3.05) is 5.43 Å². The molecule has 0 radical (unpaired) electrons. The summed E-state index contributed by atoms with van der Waals surface area (Å²) in [4.78, 5) is 0. The van der Waals surface area contributed by atoms with Crippen molar-refractivity contribution in [3.8, 4) is 5.69 Å². The monoisotopic (exact) mass is 414 g/mol. The van der Waals surface area contributed by atoms with Gasteiger partial charge in [-0.1, -0.05) is 90.0 Å². The van der Waals surface area contributed by atoms with Gasteiger partial charge in [-0.2, -0.15) is 9.78 Å². The number of hydrazone groups is 1. The Balaban J connectivity index is 1.41. The Morgan fingerprint density at radius 1 is 0.688 bits per heavy atom. The quantitative estimate of drug-likeness (QED) is 0.233. The molecule has 1 N–H and O–H groups in total. The molecule has 0 bridgehead atoms. The third-order valence-electron chi connectivity index (χ3n) is 5.64. The smallest absolute Gasteiger partial charge is 0.244 e. The van der Waals surface area contributed by atoms with E-state index < -0.39 is 0 Å². The van der Waals surface area contributed by atoms with Crippen LogP contribution < -0.4 is 5.43 Å². The Bertz CT molecular complexity index is 1560. The second-order valence-corrected chi connectivity index (χ2v) is 7.52. The van der Waals surface area contributed by atoms with Crippen molar-refractivity contribution < 1.29 is 0 Å². The van der Waals surface area contributed by atoms with E-state index in [4.69, 9.17) is 0 Å². The number of hydrogen-bond donors (Lipinski definition) is 1. The highest BCUT2D eigenvalue weighted by molar-refractivity contribution is 6.13. The van der Waals surface area contributed by atoms with E-state index in [1.54, 1.807) is 4.68 Å². The van der Waals surface area contributed by atoms with Gasteiger partial charge in [0.25, 0.3) is 5.95 Å². The van der Waals surface area contributed by atoms with Gasteiger partial charge < -0.3 is 0 Å². The van der Waals surface area contributed by atoms with Gasteiger partial charge in [-0.25, -0.2) is 5.43 Å². The number of fused-ring (bicyclic) bond motifs is 3. The summed E-state index contributed by atoms with van der Waals surface area (Å²) in [7, 11) is 0. The molecule has 0 amide bonds. The van der Waals surface area contributed by atoms with Crippen LogP contribution in [0.4, 0.5) is 5.95 Å². The lowest BCUT2D eigenvalue weighted by atomic mass is 9.97. The average molecular weight is 414 g/mol. The molecule has 0 fully saturated rings. The first-order valence-electron chi connectivity index (χ1n) is 10.3. The molecule has 0 aliphatic carbocycles.